The standard InChI is InChI=1S/C16H10ClF4NO4/c17-11-6-13(19)12(18)5-10(11)15(24)25-7-14(23)22-8-1-3-9(4-2-8)26-16(20)21/h1-6,16H,7H2,(H,22,23). The van der Waals surface area contributed by atoms with Crippen molar-refractivity contribution in [3.05, 3.63) is 58.6 Å². The van der Waals surface area contributed by atoms with Gasteiger partial charge in [0.2, 0.25) is 0 Å². The molecule has 2 aromatic rings. The predicted octanol–water partition coefficient (Wildman–Crippen LogP) is 4.02. The smallest absolute Gasteiger partial charge is 0.387 e. The zero-order valence-corrected chi connectivity index (χ0v) is 13.5. The lowest BCUT2D eigenvalue weighted by molar-refractivity contribution is -0.119. The average Bonchev–Trinajstić information content (AvgIpc) is 2.57. The molecule has 26 heavy (non-hydrogen) atoms. The number of halogens is 5. The Morgan fingerprint density at radius 2 is 1.69 bits per heavy atom. The van der Waals surface area contributed by atoms with Crippen LogP contribution in [-0.4, -0.2) is 25.1 Å². The first-order valence-corrected chi connectivity index (χ1v) is 7.30. The Labute approximate surface area is 149 Å². The lowest BCUT2D eigenvalue weighted by Crippen LogP contribution is -2.21. The maximum atomic E-state index is 13.1. The molecule has 0 aromatic heterocycles. The fourth-order valence-corrected chi connectivity index (χ4v) is 2.03. The van der Waals surface area contributed by atoms with Crippen molar-refractivity contribution in [3.63, 3.8) is 0 Å². The van der Waals surface area contributed by atoms with Crippen molar-refractivity contribution in [1.29, 1.82) is 0 Å². The Morgan fingerprint density at radius 1 is 1.08 bits per heavy atom. The van der Waals surface area contributed by atoms with Crippen molar-refractivity contribution in [1.82, 2.24) is 0 Å². The van der Waals surface area contributed by atoms with E-state index in [1.54, 1.807) is 0 Å². The van der Waals surface area contributed by atoms with Crippen LogP contribution in [0, 0.1) is 11.6 Å². The Kier molecular flexibility index (Phi) is 6.40. The largest absolute Gasteiger partial charge is 0.452 e. The van der Waals surface area contributed by atoms with Crippen molar-refractivity contribution in [2.75, 3.05) is 11.9 Å². The minimum atomic E-state index is -2.97. The third-order valence-corrected chi connectivity index (χ3v) is 3.24. The molecule has 5 nitrogen and oxygen atoms in total. The molecule has 10 heteroatoms. The number of hydrogen-bond acceptors (Lipinski definition) is 4. The normalized spacial score (nSPS) is 10.5. The van der Waals surface area contributed by atoms with Crippen molar-refractivity contribution >= 4 is 29.2 Å². The van der Waals surface area contributed by atoms with Gasteiger partial charge in [0.1, 0.15) is 5.75 Å². The van der Waals surface area contributed by atoms with Crippen LogP contribution in [-0.2, 0) is 9.53 Å². The van der Waals surface area contributed by atoms with Crippen LogP contribution in [0.2, 0.25) is 5.02 Å². The number of ether oxygens (including phenoxy) is 2. The van der Waals surface area contributed by atoms with Crippen LogP contribution in [0.5, 0.6) is 5.75 Å². The van der Waals surface area contributed by atoms with Crippen molar-refractivity contribution < 1.29 is 36.6 Å². The highest BCUT2D eigenvalue weighted by Gasteiger charge is 2.17. The van der Waals surface area contributed by atoms with E-state index in [-0.39, 0.29) is 16.5 Å². The Hall–Kier alpha value is -2.81. The fraction of sp³-hybridized carbons (Fsp3) is 0.125. The number of hydrogen-bond donors (Lipinski definition) is 1. The van der Waals surface area contributed by atoms with E-state index in [0.717, 1.165) is 0 Å². The summed E-state index contributed by atoms with van der Waals surface area (Å²) in [5.74, 6) is -4.50. The Balaban J connectivity index is 1.90. The summed E-state index contributed by atoms with van der Waals surface area (Å²) in [6.07, 6.45) is 0. The average molecular weight is 392 g/mol. The van der Waals surface area contributed by atoms with Crippen LogP contribution >= 0.6 is 11.6 Å². The maximum Gasteiger partial charge on any atom is 0.387 e. The quantitative estimate of drug-likeness (QED) is 0.459. The predicted molar refractivity (Wildman–Crippen MR) is 83.4 cm³/mol. The lowest BCUT2D eigenvalue weighted by atomic mass is 10.2. The number of nitrogens with one attached hydrogen (secondary N) is 1. The summed E-state index contributed by atoms with van der Waals surface area (Å²) < 4.78 is 59.0. The summed E-state index contributed by atoms with van der Waals surface area (Å²) in [5, 5.41) is 1.97. The van der Waals surface area contributed by atoms with E-state index in [1.165, 1.54) is 24.3 Å². The highest BCUT2D eigenvalue weighted by atomic mass is 35.5. The number of carbonyl (C=O) groups excluding carboxylic acids is 2. The van der Waals surface area contributed by atoms with E-state index in [9.17, 15) is 27.2 Å². The van der Waals surface area contributed by atoms with Gasteiger partial charge in [-0.2, -0.15) is 8.78 Å². The van der Waals surface area contributed by atoms with Gasteiger partial charge in [-0.1, -0.05) is 11.6 Å². The van der Waals surface area contributed by atoms with E-state index < -0.39 is 42.3 Å². The molecule has 0 aliphatic carbocycles. The van der Waals surface area contributed by atoms with Gasteiger partial charge in [-0.05, 0) is 36.4 Å². The highest BCUT2D eigenvalue weighted by molar-refractivity contribution is 6.33. The number of esters is 1. The molecule has 1 N–H and O–H groups in total. The van der Waals surface area contributed by atoms with Gasteiger partial charge in [0.05, 0.1) is 10.6 Å². The molecule has 0 saturated heterocycles. The second-order valence-corrected chi connectivity index (χ2v) is 5.18. The maximum absolute atomic E-state index is 13.1. The molecule has 0 heterocycles. The first-order chi connectivity index (χ1) is 12.3. The number of rotatable bonds is 6. The van der Waals surface area contributed by atoms with E-state index >= 15 is 0 Å². The Bertz CT molecular complexity index is 815. The number of alkyl halides is 2. The van der Waals surface area contributed by atoms with Crippen LogP contribution in [0.15, 0.2) is 36.4 Å². The molecular weight excluding hydrogens is 382 g/mol. The molecule has 0 bridgehead atoms. The summed E-state index contributed by atoms with van der Waals surface area (Å²) in [6.45, 7) is -3.71. The number of anilines is 1. The third-order valence-electron chi connectivity index (χ3n) is 2.93. The first-order valence-electron chi connectivity index (χ1n) is 6.92. The van der Waals surface area contributed by atoms with E-state index in [1.807, 2.05) is 0 Å². The summed E-state index contributed by atoms with van der Waals surface area (Å²) >= 11 is 5.62. The molecule has 1 amide bonds. The van der Waals surface area contributed by atoms with Gasteiger partial charge in [0.25, 0.3) is 5.91 Å². The molecule has 2 aromatic carbocycles. The van der Waals surface area contributed by atoms with Crippen LogP contribution < -0.4 is 10.1 Å². The molecular formula is C16H10ClF4NO4. The summed E-state index contributed by atoms with van der Waals surface area (Å²) in [7, 11) is 0. The van der Waals surface area contributed by atoms with E-state index in [2.05, 4.69) is 14.8 Å². The Morgan fingerprint density at radius 3 is 2.31 bits per heavy atom. The first kappa shape index (κ1) is 19.5. The van der Waals surface area contributed by atoms with Crippen LogP contribution in [0.3, 0.4) is 0 Å². The zero-order valence-electron chi connectivity index (χ0n) is 12.8. The van der Waals surface area contributed by atoms with Gasteiger partial charge in [-0.25, -0.2) is 13.6 Å². The summed E-state index contributed by atoms with van der Waals surface area (Å²) in [6, 6.07) is 6.16. The monoisotopic (exact) mass is 391 g/mol. The van der Waals surface area contributed by atoms with E-state index in [4.69, 9.17) is 11.6 Å². The lowest BCUT2D eigenvalue weighted by Gasteiger charge is -2.09. The zero-order chi connectivity index (χ0) is 19.3. The molecule has 138 valence electrons. The van der Waals surface area contributed by atoms with Gasteiger partial charge < -0.3 is 14.8 Å². The van der Waals surface area contributed by atoms with Gasteiger partial charge in [-0.3, -0.25) is 4.79 Å². The topological polar surface area (TPSA) is 64.6 Å². The molecule has 0 aliphatic rings. The molecule has 0 unspecified atom stereocenters. The van der Waals surface area contributed by atoms with Gasteiger partial charge in [0, 0.05) is 5.69 Å². The van der Waals surface area contributed by atoms with Gasteiger partial charge in [-0.15, -0.1) is 0 Å². The van der Waals surface area contributed by atoms with Gasteiger partial charge in [0.15, 0.2) is 18.2 Å². The minimum Gasteiger partial charge on any atom is -0.452 e. The van der Waals surface area contributed by atoms with Crippen molar-refractivity contribution in [3.8, 4) is 5.75 Å². The number of amides is 1. The number of carbonyl (C=O) groups is 2. The molecule has 0 saturated carbocycles. The van der Waals surface area contributed by atoms with Crippen LogP contribution in [0.4, 0.5) is 23.2 Å². The molecule has 0 spiro atoms. The minimum absolute atomic E-state index is 0.0996. The highest BCUT2D eigenvalue weighted by Crippen LogP contribution is 2.21. The van der Waals surface area contributed by atoms with Crippen molar-refractivity contribution in [2.45, 2.75) is 6.61 Å². The number of benzene rings is 2. The SMILES string of the molecule is O=C(COC(=O)c1cc(F)c(F)cc1Cl)Nc1ccc(OC(F)F)cc1. The second-order valence-electron chi connectivity index (χ2n) is 4.77. The molecule has 0 aliphatic heterocycles. The molecule has 0 fully saturated rings. The molecule has 0 atom stereocenters. The van der Waals surface area contributed by atoms with Crippen LogP contribution in [0.25, 0.3) is 0 Å². The molecule has 0 radical (unpaired) electrons. The van der Waals surface area contributed by atoms with Gasteiger partial charge >= 0.3 is 12.6 Å². The molecule has 2 rings (SSSR count). The van der Waals surface area contributed by atoms with Crippen molar-refractivity contribution in [2.24, 2.45) is 0 Å². The third kappa shape index (κ3) is 5.35. The fourth-order valence-electron chi connectivity index (χ4n) is 1.80. The second kappa shape index (κ2) is 8.52. The summed E-state index contributed by atoms with van der Waals surface area (Å²) in [4.78, 5) is 23.5. The van der Waals surface area contributed by atoms with Crippen LogP contribution in [0.1, 0.15) is 10.4 Å². The summed E-state index contributed by atoms with van der Waals surface area (Å²) in [5.41, 5.74) is -0.203. The van der Waals surface area contributed by atoms with E-state index in [0.29, 0.717) is 12.1 Å².